The first-order valence-corrected chi connectivity index (χ1v) is 1.27. The summed E-state index contributed by atoms with van der Waals surface area (Å²) in [6.07, 6.45) is 0. The van der Waals surface area contributed by atoms with E-state index in [1.54, 1.807) is 0 Å². The molecular formula is C2H4BNO. The van der Waals surface area contributed by atoms with Gasteiger partial charge in [-0.15, -0.1) is 0 Å². The van der Waals surface area contributed by atoms with Crippen LogP contribution in [0, 0.1) is 5.41 Å². The predicted octanol–water partition coefficient (Wildman–Crippen LogP) is 0.0333. The average Bonchev–Trinajstić information content (AvgIpc) is 1.38. The molecule has 0 radical (unpaired) electrons. The molecule has 0 heterocycles. The fourth-order valence-electron chi connectivity index (χ4n) is 0. The second-order valence-corrected chi connectivity index (χ2v) is 0.801. The summed E-state index contributed by atoms with van der Waals surface area (Å²) in [5.41, 5.74) is 0.0741. The first kappa shape index (κ1) is 4.53. The first-order chi connectivity index (χ1) is 2.27. The number of rotatable bonds is 1. The third kappa shape index (κ3) is 3.53. The van der Waals surface area contributed by atoms with E-state index in [9.17, 15) is 4.70 Å². The molecule has 0 amide bonds. The van der Waals surface area contributed by atoms with Gasteiger partial charge in [0.1, 0.15) is 0 Å². The van der Waals surface area contributed by atoms with E-state index in [1.165, 1.54) is 6.92 Å². The Hall–Kier alpha value is -0.465. The van der Waals surface area contributed by atoms with Crippen LogP contribution in [0.4, 0.5) is 0 Å². The maximum atomic E-state index is 9.28. The number of hydrogen-bond donors (Lipinski definition) is 1. The molecule has 0 aliphatic rings. The Morgan fingerprint density at radius 3 is 2.20 bits per heavy atom. The van der Waals surface area contributed by atoms with Gasteiger partial charge in [0.05, 0.1) is 0 Å². The second-order valence-electron chi connectivity index (χ2n) is 0.801. The molecule has 0 aliphatic carbocycles. The predicted molar refractivity (Wildman–Crippen MR) is 19.8 cm³/mol. The standard InChI is InChI=1S/C2H4BNO/c1-2(4)3-5/h4H,1H3. The van der Waals surface area contributed by atoms with E-state index in [1.807, 2.05) is 0 Å². The number of nitrogens with one attached hydrogen (secondary N) is 1. The van der Waals surface area contributed by atoms with Crippen molar-refractivity contribution in [1.29, 1.82) is 5.41 Å². The summed E-state index contributed by atoms with van der Waals surface area (Å²) in [4.78, 5) is 0. The zero-order valence-corrected chi connectivity index (χ0v) is 2.99. The Labute approximate surface area is 31.0 Å². The van der Waals surface area contributed by atoms with Crippen LogP contribution in [0.25, 0.3) is 0 Å². The van der Waals surface area contributed by atoms with Gasteiger partial charge in [0.15, 0.2) is 0 Å². The van der Waals surface area contributed by atoms with Crippen LogP contribution in [-0.2, 0) is 4.70 Å². The fraction of sp³-hybridized carbons (Fsp3) is 0.500. The van der Waals surface area contributed by atoms with Gasteiger partial charge in [-0.25, -0.2) is 0 Å². The normalized spacial score (nSPS) is 5.80. The van der Waals surface area contributed by atoms with Gasteiger partial charge in [-0.3, -0.25) is 0 Å². The average molecular weight is 68.9 g/mol. The van der Waals surface area contributed by atoms with Crippen molar-refractivity contribution in [3.05, 3.63) is 0 Å². The molecule has 0 fully saturated rings. The van der Waals surface area contributed by atoms with E-state index in [0.717, 1.165) is 0 Å². The van der Waals surface area contributed by atoms with E-state index in [-0.39, 0.29) is 5.61 Å². The summed E-state index contributed by atoms with van der Waals surface area (Å²) < 4.78 is 9.28. The molecule has 0 aromatic heterocycles. The van der Waals surface area contributed by atoms with Crippen molar-refractivity contribution in [2.75, 3.05) is 0 Å². The molecule has 0 spiro atoms. The molecule has 0 saturated heterocycles. The van der Waals surface area contributed by atoms with Crippen LogP contribution >= 0.6 is 0 Å². The van der Waals surface area contributed by atoms with Gasteiger partial charge in [0, 0.05) is 0 Å². The van der Waals surface area contributed by atoms with E-state index >= 15 is 0 Å². The topological polar surface area (TPSA) is 40.9 Å². The van der Waals surface area contributed by atoms with Crippen LogP contribution in [-0.4, -0.2) is 12.8 Å². The van der Waals surface area contributed by atoms with E-state index in [2.05, 4.69) is 0 Å². The van der Waals surface area contributed by atoms with Gasteiger partial charge >= 0.3 is 29.8 Å². The molecule has 0 aromatic carbocycles. The molecule has 0 atom stereocenters. The van der Waals surface area contributed by atoms with Crippen LogP contribution < -0.4 is 0 Å². The van der Waals surface area contributed by atoms with Gasteiger partial charge in [-0.2, -0.15) is 0 Å². The van der Waals surface area contributed by atoms with Crippen molar-refractivity contribution in [2.24, 2.45) is 0 Å². The fourth-order valence-corrected chi connectivity index (χ4v) is 0. The van der Waals surface area contributed by atoms with E-state index in [0.29, 0.717) is 7.15 Å². The summed E-state index contributed by atoms with van der Waals surface area (Å²) in [5, 5.41) is 6.38. The van der Waals surface area contributed by atoms with Crippen LogP contribution in [0.3, 0.4) is 0 Å². The van der Waals surface area contributed by atoms with Crippen molar-refractivity contribution in [1.82, 2.24) is 0 Å². The van der Waals surface area contributed by atoms with Gasteiger partial charge in [-0.05, 0) is 0 Å². The zero-order chi connectivity index (χ0) is 4.28. The molecule has 2 nitrogen and oxygen atoms in total. The van der Waals surface area contributed by atoms with E-state index in [4.69, 9.17) is 5.41 Å². The molecule has 5 heavy (non-hydrogen) atoms. The van der Waals surface area contributed by atoms with E-state index < -0.39 is 0 Å². The second kappa shape index (κ2) is 1.82. The van der Waals surface area contributed by atoms with Gasteiger partial charge < -0.3 is 0 Å². The molecule has 0 rings (SSSR count). The van der Waals surface area contributed by atoms with Crippen molar-refractivity contribution in [2.45, 2.75) is 6.92 Å². The minimum atomic E-state index is 0.0741. The first-order valence-electron chi connectivity index (χ1n) is 1.27. The van der Waals surface area contributed by atoms with Crippen LogP contribution in [0.1, 0.15) is 6.92 Å². The monoisotopic (exact) mass is 69.0 g/mol. The van der Waals surface area contributed by atoms with Crippen LogP contribution in [0.15, 0.2) is 0 Å². The van der Waals surface area contributed by atoms with Crippen molar-refractivity contribution in [3.8, 4) is 0 Å². The van der Waals surface area contributed by atoms with Gasteiger partial charge in [-0.1, -0.05) is 0 Å². The summed E-state index contributed by atoms with van der Waals surface area (Å²) >= 11 is 0. The summed E-state index contributed by atoms with van der Waals surface area (Å²) in [6.45, 7) is 1.44. The van der Waals surface area contributed by atoms with Crippen molar-refractivity contribution >= 4 is 12.8 Å². The Morgan fingerprint density at radius 2 is 2.20 bits per heavy atom. The summed E-state index contributed by atoms with van der Waals surface area (Å²) in [6, 6.07) is 0. The molecule has 0 bridgehead atoms. The Bertz CT molecular complexity index is 60.7. The quantitative estimate of drug-likeness (QED) is 0.342. The zero-order valence-electron chi connectivity index (χ0n) is 2.99. The SMILES string of the molecule is CC(=N)B=O. The molecule has 26 valence electrons. The molecule has 1 N–H and O–H groups in total. The van der Waals surface area contributed by atoms with Gasteiger partial charge in [0.2, 0.25) is 0 Å². The molecular weight excluding hydrogens is 64.8 g/mol. The molecule has 0 aromatic rings. The molecule has 0 saturated carbocycles. The number of hydrogen-bond acceptors (Lipinski definition) is 2. The summed E-state index contributed by atoms with van der Waals surface area (Å²) in [7, 11) is 0.500. The molecule has 3 heteroatoms. The molecule has 0 aliphatic heterocycles. The Morgan fingerprint density at radius 1 is 2.00 bits per heavy atom. The van der Waals surface area contributed by atoms with Crippen LogP contribution in [0.2, 0.25) is 0 Å². The Kier molecular flexibility index (Phi) is 1.65. The minimum absolute atomic E-state index is 0.0741. The van der Waals surface area contributed by atoms with Gasteiger partial charge in [0.25, 0.3) is 0 Å². The van der Waals surface area contributed by atoms with Crippen molar-refractivity contribution in [3.63, 3.8) is 0 Å². The Balaban J connectivity index is 3.20. The summed E-state index contributed by atoms with van der Waals surface area (Å²) in [5.74, 6) is 0. The third-order valence-corrected chi connectivity index (χ3v) is 0.177. The van der Waals surface area contributed by atoms with Crippen molar-refractivity contribution < 1.29 is 4.70 Å². The third-order valence-electron chi connectivity index (χ3n) is 0.177. The van der Waals surface area contributed by atoms with Crippen LogP contribution in [0.5, 0.6) is 0 Å². The molecule has 0 unspecified atom stereocenters. The maximum absolute atomic E-state index is 9.28.